The van der Waals surface area contributed by atoms with Gasteiger partial charge in [-0.2, -0.15) is 0 Å². The van der Waals surface area contributed by atoms with Crippen LogP contribution >= 0.6 is 11.3 Å². The molecule has 94 valence electrons. The SMILES string of the molecule is CCOC(=O)c1c(-c2ccccc2)csc1NN. The van der Waals surface area contributed by atoms with Crippen molar-refractivity contribution in [3.63, 3.8) is 0 Å². The Bertz CT molecular complexity index is 537. The van der Waals surface area contributed by atoms with E-state index in [4.69, 9.17) is 10.6 Å². The minimum absolute atomic E-state index is 0.340. The number of nitrogen functional groups attached to an aromatic ring is 1. The highest BCUT2D eigenvalue weighted by Crippen LogP contribution is 2.35. The number of esters is 1. The summed E-state index contributed by atoms with van der Waals surface area (Å²) in [6.07, 6.45) is 0. The zero-order chi connectivity index (χ0) is 13.0. The van der Waals surface area contributed by atoms with E-state index in [0.717, 1.165) is 11.1 Å². The van der Waals surface area contributed by atoms with E-state index >= 15 is 0 Å². The zero-order valence-corrected chi connectivity index (χ0v) is 10.8. The Hall–Kier alpha value is -1.85. The molecule has 0 aliphatic rings. The summed E-state index contributed by atoms with van der Waals surface area (Å²) in [7, 11) is 0. The fraction of sp³-hybridized carbons (Fsp3) is 0.154. The number of anilines is 1. The van der Waals surface area contributed by atoms with Crippen molar-refractivity contribution in [1.82, 2.24) is 0 Å². The smallest absolute Gasteiger partial charge is 0.341 e. The number of hydrogen-bond acceptors (Lipinski definition) is 5. The van der Waals surface area contributed by atoms with E-state index < -0.39 is 0 Å². The number of ether oxygens (including phenoxy) is 1. The summed E-state index contributed by atoms with van der Waals surface area (Å²) in [6.45, 7) is 2.12. The van der Waals surface area contributed by atoms with E-state index in [9.17, 15) is 4.79 Å². The fourth-order valence-corrected chi connectivity index (χ4v) is 2.57. The summed E-state index contributed by atoms with van der Waals surface area (Å²) in [5, 5.41) is 2.52. The maximum Gasteiger partial charge on any atom is 0.341 e. The minimum Gasteiger partial charge on any atom is -0.462 e. The molecule has 0 spiro atoms. The van der Waals surface area contributed by atoms with Gasteiger partial charge in [-0.15, -0.1) is 11.3 Å². The molecule has 2 aromatic rings. The van der Waals surface area contributed by atoms with Crippen molar-refractivity contribution in [2.24, 2.45) is 5.84 Å². The van der Waals surface area contributed by atoms with E-state index in [0.29, 0.717) is 17.2 Å². The molecule has 2 rings (SSSR count). The molecule has 0 fully saturated rings. The molecule has 1 heterocycles. The van der Waals surface area contributed by atoms with Crippen LogP contribution in [0.3, 0.4) is 0 Å². The Balaban J connectivity index is 2.49. The van der Waals surface area contributed by atoms with Gasteiger partial charge in [0.15, 0.2) is 0 Å². The Labute approximate surface area is 109 Å². The number of hydrogen-bond donors (Lipinski definition) is 2. The van der Waals surface area contributed by atoms with E-state index in [1.165, 1.54) is 11.3 Å². The Morgan fingerprint density at radius 3 is 2.72 bits per heavy atom. The van der Waals surface area contributed by atoms with E-state index in [1.807, 2.05) is 35.7 Å². The standard InChI is InChI=1S/C13H14N2O2S/c1-2-17-13(16)11-10(8-18-12(11)15-14)9-6-4-3-5-7-9/h3-8,15H,2,14H2,1H3. The molecule has 0 radical (unpaired) electrons. The number of benzene rings is 1. The first-order valence-electron chi connectivity index (χ1n) is 5.58. The van der Waals surface area contributed by atoms with Gasteiger partial charge < -0.3 is 10.2 Å². The molecule has 5 heteroatoms. The molecule has 0 unspecified atom stereocenters. The lowest BCUT2D eigenvalue weighted by Crippen LogP contribution is -2.12. The van der Waals surface area contributed by atoms with Crippen LogP contribution in [-0.4, -0.2) is 12.6 Å². The molecule has 4 nitrogen and oxygen atoms in total. The van der Waals surface area contributed by atoms with Crippen molar-refractivity contribution < 1.29 is 9.53 Å². The third kappa shape index (κ3) is 2.37. The van der Waals surface area contributed by atoms with Crippen molar-refractivity contribution in [3.05, 3.63) is 41.3 Å². The number of rotatable bonds is 4. The van der Waals surface area contributed by atoms with Crippen LogP contribution in [0.2, 0.25) is 0 Å². The van der Waals surface area contributed by atoms with Gasteiger partial charge in [-0.05, 0) is 12.5 Å². The van der Waals surface area contributed by atoms with Gasteiger partial charge in [-0.3, -0.25) is 0 Å². The van der Waals surface area contributed by atoms with E-state index in [1.54, 1.807) is 6.92 Å². The Morgan fingerprint density at radius 1 is 1.39 bits per heavy atom. The molecule has 18 heavy (non-hydrogen) atoms. The summed E-state index contributed by atoms with van der Waals surface area (Å²) < 4.78 is 5.06. The van der Waals surface area contributed by atoms with Crippen molar-refractivity contribution in [3.8, 4) is 11.1 Å². The van der Waals surface area contributed by atoms with Crippen LogP contribution in [0.4, 0.5) is 5.00 Å². The molecular formula is C13H14N2O2S. The maximum atomic E-state index is 12.0. The molecule has 0 atom stereocenters. The second-order valence-corrected chi connectivity index (χ2v) is 4.46. The second-order valence-electron chi connectivity index (χ2n) is 3.58. The first-order chi connectivity index (χ1) is 8.77. The third-order valence-corrected chi connectivity index (χ3v) is 3.40. The van der Waals surface area contributed by atoms with E-state index in [2.05, 4.69) is 5.43 Å². The van der Waals surface area contributed by atoms with Gasteiger partial charge in [0.2, 0.25) is 0 Å². The van der Waals surface area contributed by atoms with Crippen molar-refractivity contribution in [1.29, 1.82) is 0 Å². The average Bonchev–Trinajstić information content (AvgIpc) is 2.84. The third-order valence-electron chi connectivity index (χ3n) is 2.49. The van der Waals surface area contributed by atoms with Crippen molar-refractivity contribution >= 4 is 22.3 Å². The Morgan fingerprint density at radius 2 is 2.11 bits per heavy atom. The van der Waals surface area contributed by atoms with Gasteiger partial charge in [0, 0.05) is 10.9 Å². The molecule has 1 aromatic heterocycles. The second kappa shape index (κ2) is 5.66. The van der Waals surface area contributed by atoms with Crippen LogP contribution < -0.4 is 11.3 Å². The number of carbonyl (C=O) groups is 1. The van der Waals surface area contributed by atoms with Crippen LogP contribution in [-0.2, 0) is 4.74 Å². The monoisotopic (exact) mass is 262 g/mol. The fourth-order valence-electron chi connectivity index (χ4n) is 1.70. The number of carbonyl (C=O) groups excluding carboxylic acids is 1. The lowest BCUT2D eigenvalue weighted by Gasteiger charge is -2.06. The van der Waals surface area contributed by atoms with Crippen LogP contribution in [0, 0.1) is 0 Å². The first kappa shape index (κ1) is 12.6. The highest BCUT2D eigenvalue weighted by atomic mass is 32.1. The summed E-state index contributed by atoms with van der Waals surface area (Å²) in [6, 6.07) is 9.69. The molecule has 0 aliphatic heterocycles. The van der Waals surface area contributed by atoms with Gasteiger partial charge in [0.25, 0.3) is 0 Å². The van der Waals surface area contributed by atoms with Crippen LogP contribution in [0.25, 0.3) is 11.1 Å². The quantitative estimate of drug-likeness (QED) is 0.505. The zero-order valence-electron chi connectivity index (χ0n) is 9.97. The highest BCUT2D eigenvalue weighted by Gasteiger charge is 2.20. The predicted octanol–water partition coefficient (Wildman–Crippen LogP) is 2.88. The molecule has 0 saturated heterocycles. The number of thiophene rings is 1. The summed E-state index contributed by atoms with van der Waals surface area (Å²) in [5.41, 5.74) is 4.85. The lowest BCUT2D eigenvalue weighted by molar-refractivity contribution is 0.0529. The number of nitrogens with two attached hydrogens (primary N) is 1. The Kier molecular flexibility index (Phi) is 3.96. The predicted molar refractivity (Wildman–Crippen MR) is 73.5 cm³/mol. The van der Waals surface area contributed by atoms with E-state index in [-0.39, 0.29) is 5.97 Å². The normalized spacial score (nSPS) is 10.1. The minimum atomic E-state index is -0.356. The molecule has 3 N–H and O–H groups in total. The van der Waals surface area contributed by atoms with Gasteiger partial charge in [0.1, 0.15) is 10.6 Å². The van der Waals surface area contributed by atoms with Crippen molar-refractivity contribution in [2.45, 2.75) is 6.92 Å². The summed E-state index contributed by atoms with van der Waals surface area (Å²) in [4.78, 5) is 12.0. The number of hydrazine groups is 1. The molecular weight excluding hydrogens is 248 g/mol. The molecule has 0 saturated carbocycles. The highest BCUT2D eigenvalue weighted by molar-refractivity contribution is 7.15. The van der Waals surface area contributed by atoms with Crippen LogP contribution in [0.1, 0.15) is 17.3 Å². The summed E-state index contributed by atoms with van der Waals surface area (Å²) >= 11 is 1.39. The largest absolute Gasteiger partial charge is 0.462 e. The topological polar surface area (TPSA) is 64.3 Å². The summed E-state index contributed by atoms with van der Waals surface area (Å²) in [5.74, 6) is 5.07. The first-order valence-corrected chi connectivity index (χ1v) is 6.46. The molecule has 1 aromatic carbocycles. The lowest BCUT2D eigenvalue weighted by atomic mass is 10.0. The van der Waals surface area contributed by atoms with Crippen molar-refractivity contribution in [2.75, 3.05) is 12.0 Å². The van der Waals surface area contributed by atoms with Gasteiger partial charge in [-0.1, -0.05) is 30.3 Å². The van der Waals surface area contributed by atoms with Gasteiger partial charge in [0.05, 0.1) is 6.61 Å². The molecule has 0 bridgehead atoms. The van der Waals surface area contributed by atoms with Gasteiger partial charge in [-0.25, -0.2) is 10.6 Å². The average molecular weight is 262 g/mol. The van der Waals surface area contributed by atoms with Crippen LogP contribution in [0.15, 0.2) is 35.7 Å². The van der Waals surface area contributed by atoms with Gasteiger partial charge >= 0.3 is 5.97 Å². The van der Waals surface area contributed by atoms with Crippen LogP contribution in [0.5, 0.6) is 0 Å². The molecule has 0 aliphatic carbocycles. The number of nitrogens with one attached hydrogen (secondary N) is 1. The molecule has 0 amide bonds. The maximum absolute atomic E-state index is 12.0.